The average molecular weight is 651 g/mol. The van der Waals surface area contributed by atoms with Crippen molar-refractivity contribution in [3.63, 3.8) is 0 Å². The third-order valence-corrected chi connectivity index (χ3v) is 9.07. The fraction of sp³-hybridized carbons (Fsp3) is 0.795. The summed E-state index contributed by atoms with van der Waals surface area (Å²) in [5, 5.41) is 0. The predicted molar refractivity (Wildman–Crippen MR) is 196 cm³/mol. The number of rotatable bonds is 34. The maximum absolute atomic E-state index is 12.5. The number of likely N-dealkylation sites (N-methyl/N-ethyl adjacent to an activating group) is 1. The van der Waals surface area contributed by atoms with Gasteiger partial charge >= 0.3 is 0 Å². The van der Waals surface area contributed by atoms with E-state index in [0.29, 0.717) is 6.54 Å². The maximum Gasteiger partial charge on any atom is 0.268 e. The molecule has 0 N–H and O–H groups in total. The van der Waals surface area contributed by atoms with Crippen LogP contribution in [0.25, 0.3) is 0 Å². The zero-order valence-electron chi connectivity index (χ0n) is 30.1. The molecule has 1 unspecified atom stereocenters. The van der Waals surface area contributed by atoms with Gasteiger partial charge in [0.1, 0.15) is 0 Å². The number of unbranched alkanes of at least 4 members (excludes halogenated alkanes) is 16. The first-order valence-corrected chi connectivity index (χ1v) is 20.3. The molecule has 0 rings (SSSR count). The maximum atomic E-state index is 12.5. The zero-order valence-corrected chi connectivity index (χ0v) is 31.0. The monoisotopic (exact) mass is 651 g/mol. The Kier molecular flexibility index (Phi) is 33.6. The zero-order chi connectivity index (χ0) is 33.1. The van der Waals surface area contributed by atoms with Gasteiger partial charge in [-0.1, -0.05) is 152 Å². The van der Waals surface area contributed by atoms with Gasteiger partial charge in [0.15, 0.2) is 0 Å². The van der Waals surface area contributed by atoms with Crippen molar-refractivity contribution in [2.45, 2.75) is 174 Å². The molecule has 0 aromatic rings. The van der Waals surface area contributed by atoms with Crippen molar-refractivity contribution in [3.05, 3.63) is 48.6 Å². The van der Waals surface area contributed by atoms with Crippen molar-refractivity contribution in [3.8, 4) is 0 Å². The summed E-state index contributed by atoms with van der Waals surface area (Å²) < 4.78 is 23.2. The van der Waals surface area contributed by atoms with Crippen molar-refractivity contribution in [1.29, 1.82) is 0 Å². The Bertz CT molecular complexity index is 731. The highest BCUT2D eigenvalue weighted by molar-refractivity contribution is 7.45. The molecule has 5 nitrogen and oxygen atoms in total. The van der Waals surface area contributed by atoms with Gasteiger partial charge in [0.05, 0.1) is 12.7 Å². The first kappa shape index (κ1) is 44.0. The van der Waals surface area contributed by atoms with Crippen molar-refractivity contribution < 1.29 is 18.5 Å². The highest BCUT2D eigenvalue weighted by atomic mass is 31.2. The third-order valence-electron chi connectivity index (χ3n) is 8.02. The second-order valence-electron chi connectivity index (χ2n) is 12.8. The number of hydrogen-bond donors (Lipinski definition) is 0. The van der Waals surface area contributed by atoms with Crippen molar-refractivity contribution in [1.82, 2.24) is 4.90 Å². The van der Waals surface area contributed by atoms with Gasteiger partial charge in [-0.15, -0.1) is 0 Å². The highest BCUT2D eigenvalue weighted by Gasteiger charge is 2.18. The largest absolute Gasteiger partial charge is 0.756 e. The molecule has 0 aliphatic carbocycles. The Labute approximate surface area is 280 Å². The second-order valence-corrected chi connectivity index (χ2v) is 14.2. The van der Waals surface area contributed by atoms with Gasteiger partial charge in [0.2, 0.25) is 0 Å². The Morgan fingerprint density at radius 2 is 0.956 bits per heavy atom. The number of phosphoric ester groups is 1. The van der Waals surface area contributed by atoms with Crippen LogP contribution in [0, 0.1) is 0 Å². The molecule has 0 spiro atoms. The van der Waals surface area contributed by atoms with Crippen LogP contribution in [0.5, 0.6) is 0 Å². The van der Waals surface area contributed by atoms with Gasteiger partial charge in [-0.2, -0.15) is 0 Å². The first-order chi connectivity index (χ1) is 21.9. The molecule has 0 heterocycles. The molecule has 0 radical (unpaired) electrons. The van der Waals surface area contributed by atoms with Crippen LogP contribution in [-0.2, 0) is 13.6 Å². The standard InChI is InChI=1S/C39H74NO4P/c1-5-7-9-11-13-15-17-19-21-23-25-27-29-31-33-35-39(44-45(41,42)43-38-37-40(3)4)36-34-32-30-28-26-24-22-20-18-16-14-12-10-8-6-2/h11-14,17-20,39H,5-10,15-16,21-38H2,1-4H3,(H,41,42)/p-1/b13-11-,14-12-,19-17-,20-18-. The van der Waals surface area contributed by atoms with Gasteiger partial charge < -0.3 is 18.8 Å². The Hall–Kier alpha value is -0.970. The van der Waals surface area contributed by atoms with Gasteiger partial charge in [-0.05, 0) is 78.3 Å². The predicted octanol–water partition coefficient (Wildman–Crippen LogP) is 12.0. The van der Waals surface area contributed by atoms with Gasteiger partial charge in [-0.25, -0.2) is 0 Å². The average Bonchev–Trinajstić information content (AvgIpc) is 3.00. The lowest BCUT2D eigenvalue weighted by atomic mass is 10.0. The van der Waals surface area contributed by atoms with Crippen molar-refractivity contribution in [2.24, 2.45) is 0 Å². The summed E-state index contributed by atoms with van der Waals surface area (Å²) in [5.41, 5.74) is 0. The van der Waals surface area contributed by atoms with E-state index < -0.39 is 7.82 Å². The molecule has 0 saturated carbocycles. The van der Waals surface area contributed by atoms with E-state index in [1.54, 1.807) is 0 Å². The molecule has 0 aromatic carbocycles. The van der Waals surface area contributed by atoms with Gasteiger partial charge in [-0.3, -0.25) is 4.57 Å². The SMILES string of the molecule is CCCC/C=C\C/C=C\CCCCCCCCC(CCCCCCCC/C=C\C/C=C\CCCC)OP(=O)([O-])OCCN(C)C. The van der Waals surface area contributed by atoms with E-state index >= 15 is 0 Å². The molecule has 0 saturated heterocycles. The minimum absolute atomic E-state index is 0.135. The lowest BCUT2D eigenvalue weighted by molar-refractivity contribution is -0.230. The van der Waals surface area contributed by atoms with Crippen LogP contribution in [0.1, 0.15) is 168 Å². The minimum atomic E-state index is -4.28. The molecular formula is C39H73NO4P-. The number of nitrogens with zero attached hydrogens (tertiary/aromatic N) is 1. The van der Waals surface area contributed by atoms with Crippen LogP contribution in [0.4, 0.5) is 0 Å². The summed E-state index contributed by atoms with van der Waals surface area (Å²) in [4.78, 5) is 14.4. The summed E-state index contributed by atoms with van der Waals surface area (Å²) in [6.07, 6.45) is 45.8. The lowest BCUT2D eigenvalue weighted by Crippen LogP contribution is -2.22. The van der Waals surface area contributed by atoms with Crippen LogP contribution < -0.4 is 4.89 Å². The summed E-state index contributed by atoms with van der Waals surface area (Å²) in [6.45, 7) is 5.15. The summed E-state index contributed by atoms with van der Waals surface area (Å²) in [7, 11) is -0.480. The molecule has 0 aliphatic heterocycles. The number of allylic oxidation sites excluding steroid dienone is 8. The molecule has 0 aliphatic rings. The fourth-order valence-electron chi connectivity index (χ4n) is 5.14. The highest BCUT2D eigenvalue weighted by Crippen LogP contribution is 2.41. The molecule has 1 atom stereocenters. The smallest absolute Gasteiger partial charge is 0.268 e. The van der Waals surface area contributed by atoms with Crippen LogP contribution in [0.3, 0.4) is 0 Å². The van der Waals surface area contributed by atoms with E-state index in [2.05, 4.69) is 62.5 Å². The normalized spacial score (nSPS) is 14.0. The van der Waals surface area contributed by atoms with Crippen LogP contribution in [0.2, 0.25) is 0 Å². The molecular weight excluding hydrogens is 577 g/mol. The van der Waals surface area contributed by atoms with E-state index in [4.69, 9.17) is 9.05 Å². The Balaban J connectivity index is 4.16. The molecule has 0 aromatic heterocycles. The summed E-state index contributed by atoms with van der Waals surface area (Å²) >= 11 is 0. The van der Waals surface area contributed by atoms with Crippen LogP contribution in [0.15, 0.2) is 48.6 Å². The second kappa shape index (κ2) is 34.4. The van der Waals surface area contributed by atoms with Crippen LogP contribution >= 0.6 is 7.82 Å². The summed E-state index contributed by atoms with van der Waals surface area (Å²) in [6, 6.07) is 0. The topological polar surface area (TPSA) is 61.8 Å². The molecule has 0 fully saturated rings. The minimum Gasteiger partial charge on any atom is -0.756 e. The lowest BCUT2D eigenvalue weighted by Gasteiger charge is -2.29. The van der Waals surface area contributed by atoms with E-state index in [1.807, 2.05) is 19.0 Å². The molecule has 0 bridgehead atoms. The third kappa shape index (κ3) is 35.7. The Morgan fingerprint density at radius 3 is 1.36 bits per heavy atom. The van der Waals surface area contributed by atoms with Crippen molar-refractivity contribution >= 4 is 7.82 Å². The quantitative estimate of drug-likeness (QED) is 0.0394. The van der Waals surface area contributed by atoms with E-state index in [-0.39, 0.29) is 12.7 Å². The molecule has 0 amide bonds. The number of hydrogen-bond acceptors (Lipinski definition) is 5. The van der Waals surface area contributed by atoms with E-state index in [1.165, 1.54) is 103 Å². The molecule has 264 valence electrons. The van der Waals surface area contributed by atoms with Gasteiger partial charge in [0, 0.05) is 6.54 Å². The molecule has 6 heteroatoms. The summed E-state index contributed by atoms with van der Waals surface area (Å²) in [5.74, 6) is 0. The van der Waals surface area contributed by atoms with Crippen LogP contribution in [-0.4, -0.2) is 38.3 Å². The first-order valence-electron chi connectivity index (χ1n) is 18.8. The van der Waals surface area contributed by atoms with Crippen molar-refractivity contribution in [2.75, 3.05) is 27.2 Å². The van der Waals surface area contributed by atoms with Gasteiger partial charge in [0.25, 0.3) is 7.82 Å². The molecule has 45 heavy (non-hydrogen) atoms. The number of phosphoric acid groups is 1. The van der Waals surface area contributed by atoms with E-state index in [0.717, 1.165) is 51.4 Å². The van der Waals surface area contributed by atoms with E-state index in [9.17, 15) is 9.46 Å². The fourth-order valence-corrected chi connectivity index (χ4v) is 6.08. The Morgan fingerprint density at radius 1 is 0.578 bits per heavy atom.